The van der Waals surface area contributed by atoms with Gasteiger partial charge in [-0.25, -0.2) is 8.42 Å². The molecule has 0 amide bonds. The molecule has 136 valence electrons. The molecule has 1 aliphatic carbocycles. The topological polar surface area (TPSA) is 34.1 Å². The van der Waals surface area contributed by atoms with E-state index in [2.05, 4.69) is 26.5 Å². The highest BCUT2D eigenvalue weighted by atomic mass is 32.2. The van der Waals surface area contributed by atoms with E-state index in [1.165, 1.54) is 5.57 Å². The van der Waals surface area contributed by atoms with Crippen molar-refractivity contribution in [1.82, 2.24) is 0 Å². The first-order chi connectivity index (χ1) is 11.7. The van der Waals surface area contributed by atoms with Gasteiger partial charge in [-0.15, -0.1) is 0 Å². The van der Waals surface area contributed by atoms with E-state index < -0.39 is 14.6 Å². The summed E-state index contributed by atoms with van der Waals surface area (Å²) in [4.78, 5) is 0.418. The van der Waals surface area contributed by atoms with Gasteiger partial charge in [-0.3, -0.25) is 0 Å². The number of aryl methyl sites for hydroxylation is 1. The zero-order valence-corrected chi connectivity index (χ0v) is 16.7. The van der Waals surface area contributed by atoms with Crippen LogP contribution in [0.1, 0.15) is 58.4 Å². The Labute approximate surface area is 153 Å². The van der Waals surface area contributed by atoms with E-state index in [-0.39, 0.29) is 0 Å². The Balaban J connectivity index is 2.39. The second kappa shape index (κ2) is 7.74. The summed E-state index contributed by atoms with van der Waals surface area (Å²) in [7, 11) is -3.44. The Morgan fingerprint density at radius 3 is 2.36 bits per heavy atom. The van der Waals surface area contributed by atoms with Gasteiger partial charge in [0.15, 0.2) is 9.84 Å². The molecule has 0 saturated heterocycles. The van der Waals surface area contributed by atoms with Crippen molar-refractivity contribution in [3.63, 3.8) is 0 Å². The van der Waals surface area contributed by atoms with Crippen molar-refractivity contribution in [2.45, 2.75) is 69.4 Å². The van der Waals surface area contributed by atoms with Crippen LogP contribution >= 0.6 is 0 Å². The van der Waals surface area contributed by atoms with Crippen LogP contribution in [0.4, 0.5) is 0 Å². The number of benzene rings is 1. The van der Waals surface area contributed by atoms with E-state index in [1.807, 2.05) is 32.1 Å². The normalized spacial score (nSPS) is 21.4. The zero-order chi connectivity index (χ0) is 18.7. The quantitative estimate of drug-likeness (QED) is 0.590. The molecule has 0 aliphatic heterocycles. The van der Waals surface area contributed by atoms with Crippen molar-refractivity contribution in [1.29, 1.82) is 0 Å². The highest BCUT2D eigenvalue weighted by Crippen LogP contribution is 2.44. The Kier molecular flexibility index (Phi) is 6.10. The molecule has 0 radical (unpaired) electrons. The average molecular weight is 359 g/mol. The molecule has 3 heteroatoms. The van der Waals surface area contributed by atoms with E-state index in [4.69, 9.17) is 0 Å². The predicted molar refractivity (Wildman–Crippen MR) is 107 cm³/mol. The fourth-order valence-corrected chi connectivity index (χ4v) is 5.57. The first-order valence-corrected chi connectivity index (χ1v) is 10.4. The fraction of sp³-hybridized carbons (Fsp3) is 0.455. The Morgan fingerprint density at radius 1 is 1.20 bits per heavy atom. The largest absolute Gasteiger partial charge is 0.223 e. The lowest BCUT2D eigenvalue weighted by Gasteiger charge is -2.26. The van der Waals surface area contributed by atoms with Gasteiger partial charge in [0.25, 0.3) is 0 Å². The molecule has 1 aromatic carbocycles. The summed E-state index contributed by atoms with van der Waals surface area (Å²) in [6.07, 6.45) is 7.99. The standard InChI is InChI=1S/C22H30O2S/c1-17(2)7-6-8-19(4)15-22(14-13-20(5)16-22)25(23,24)21-11-9-18(3)10-12-21/h7,9-12,15H,5-6,8,13-14,16H2,1-4H3/b19-15-. The van der Waals surface area contributed by atoms with Gasteiger partial charge in [0, 0.05) is 0 Å². The third-order valence-electron chi connectivity index (χ3n) is 4.92. The molecular formula is C22H30O2S. The molecule has 0 spiro atoms. The smallest absolute Gasteiger partial charge is 0.187 e. The molecule has 1 atom stereocenters. The Bertz CT molecular complexity index is 791. The van der Waals surface area contributed by atoms with Crippen LogP contribution in [0.5, 0.6) is 0 Å². The lowest BCUT2D eigenvalue weighted by Crippen LogP contribution is -2.34. The van der Waals surface area contributed by atoms with Crippen LogP contribution in [0, 0.1) is 6.92 Å². The van der Waals surface area contributed by atoms with E-state index >= 15 is 0 Å². The molecule has 2 rings (SSSR count). The number of hydrogen-bond donors (Lipinski definition) is 0. The highest BCUT2D eigenvalue weighted by Gasteiger charge is 2.46. The van der Waals surface area contributed by atoms with Crippen LogP contribution in [0.15, 0.2) is 64.6 Å². The SMILES string of the molecule is C=C1CCC(/C=C(/C)CCC=C(C)C)(S(=O)(=O)c2ccc(C)cc2)C1. The van der Waals surface area contributed by atoms with Gasteiger partial charge in [-0.2, -0.15) is 0 Å². The monoisotopic (exact) mass is 358 g/mol. The van der Waals surface area contributed by atoms with E-state index in [1.54, 1.807) is 12.1 Å². The Morgan fingerprint density at radius 2 is 1.84 bits per heavy atom. The van der Waals surface area contributed by atoms with E-state index in [0.717, 1.165) is 36.0 Å². The molecule has 0 N–H and O–H groups in total. The van der Waals surface area contributed by atoms with Crippen LogP contribution in [-0.2, 0) is 9.84 Å². The number of rotatable bonds is 6. The number of hydrogen-bond acceptors (Lipinski definition) is 2. The summed E-state index contributed by atoms with van der Waals surface area (Å²) in [5.74, 6) is 0. The first kappa shape index (κ1) is 19.7. The van der Waals surface area contributed by atoms with Crippen LogP contribution in [0.25, 0.3) is 0 Å². The van der Waals surface area contributed by atoms with Gasteiger partial charge in [0.05, 0.1) is 9.64 Å². The van der Waals surface area contributed by atoms with Crippen molar-refractivity contribution in [3.8, 4) is 0 Å². The summed E-state index contributed by atoms with van der Waals surface area (Å²) >= 11 is 0. The van der Waals surface area contributed by atoms with Gasteiger partial charge in [0.2, 0.25) is 0 Å². The van der Waals surface area contributed by atoms with Crippen molar-refractivity contribution in [2.75, 3.05) is 0 Å². The maximum absolute atomic E-state index is 13.4. The molecule has 1 aromatic rings. The molecule has 1 aliphatic rings. The maximum Gasteiger partial charge on any atom is 0.187 e. The number of sulfone groups is 1. The summed E-state index contributed by atoms with van der Waals surface area (Å²) in [6.45, 7) is 12.3. The third-order valence-corrected chi connectivity index (χ3v) is 7.35. The van der Waals surface area contributed by atoms with Gasteiger partial charge in [-0.1, -0.05) is 53.1 Å². The summed E-state index contributed by atoms with van der Waals surface area (Å²) in [5.41, 5.74) is 4.54. The minimum Gasteiger partial charge on any atom is -0.223 e. The minimum atomic E-state index is -3.44. The van der Waals surface area contributed by atoms with Crippen molar-refractivity contribution in [2.24, 2.45) is 0 Å². The molecule has 1 saturated carbocycles. The zero-order valence-electron chi connectivity index (χ0n) is 15.9. The number of allylic oxidation sites excluding steroid dienone is 4. The fourth-order valence-electron chi connectivity index (χ4n) is 3.48. The Hall–Kier alpha value is -1.61. The van der Waals surface area contributed by atoms with Gasteiger partial charge in [-0.05, 0) is 71.9 Å². The van der Waals surface area contributed by atoms with Crippen LogP contribution in [0.2, 0.25) is 0 Å². The molecule has 1 unspecified atom stereocenters. The van der Waals surface area contributed by atoms with Crippen LogP contribution in [-0.4, -0.2) is 13.2 Å². The van der Waals surface area contributed by atoms with Crippen LogP contribution < -0.4 is 0 Å². The molecule has 0 bridgehead atoms. The molecule has 0 heterocycles. The van der Waals surface area contributed by atoms with Gasteiger partial charge >= 0.3 is 0 Å². The molecule has 1 fully saturated rings. The third kappa shape index (κ3) is 4.52. The van der Waals surface area contributed by atoms with Gasteiger partial charge in [0.1, 0.15) is 0 Å². The average Bonchev–Trinajstić information content (AvgIpc) is 2.90. The molecule has 25 heavy (non-hydrogen) atoms. The molecule has 2 nitrogen and oxygen atoms in total. The van der Waals surface area contributed by atoms with E-state index in [0.29, 0.717) is 17.7 Å². The lowest BCUT2D eigenvalue weighted by molar-refractivity contribution is 0.554. The summed E-state index contributed by atoms with van der Waals surface area (Å²) in [5, 5.41) is 0. The van der Waals surface area contributed by atoms with Crippen molar-refractivity contribution >= 4 is 9.84 Å². The molecule has 0 aromatic heterocycles. The van der Waals surface area contributed by atoms with Crippen LogP contribution in [0.3, 0.4) is 0 Å². The predicted octanol–water partition coefficient (Wildman–Crippen LogP) is 5.94. The lowest BCUT2D eigenvalue weighted by atomic mass is 10.0. The summed E-state index contributed by atoms with van der Waals surface area (Å²) in [6, 6.07) is 7.21. The highest BCUT2D eigenvalue weighted by molar-refractivity contribution is 7.93. The van der Waals surface area contributed by atoms with Gasteiger partial charge < -0.3 is 0 Å². The van der Waals surface area contributed by atoms with Crippen molar-refractivity contribution in [3.05, 3.63) is 65.3 Å². The van der Waals surface area contributed by atoms with E-state index in [9.17, 15) is 8.42 Å². The minimum absolute atomic E-state index is 0.418. The maximum atomic E-state index is 13.4. The second-order valence-corrected chi connectivity index (χ2v) is 9.91. The summed E-state index contributed by atoms with van der Waals surface area (Å²) < 4.78 is 26.0. The molecular weight excluding hydrogens is 328 g/mol. The second-order valence-electron chi connectivity index (χ2n) is 7.62. The van der Waals surface area contributed by atoms with Crippen molar-refractivity contribution < 1.29 is 8.42 Å². The first-order valence-electron chi connectivity index (χ1n) is 8.96.